The van der Waals surface area contributed by atoms with Gasteiger partial charge in [0.2, 0.25) is 5.91 Å². The van der Waals surface area contributed by atoms with E-state index in [1.54, 1.807) is 27.8 Å². The number of amides is 1. The number of nitrogens with one attached hydrogen (secondary N) is 2. The Labute approximate surface area is 107 Å². The number of rotatable bonds is 4. The molecule has 0 radical (unpaired) electrons. The summed E-state index contributed by atoms with van der Waals surface area (Å²) < 4.78 is 5.24. The minimum absolute atomic E-state index is 0.0561. The summed E-state index contributed by atoms with van der Waals surface area (Å²) in [6.45, 7) is 6.15. The number of ether oxygens (including phenoxy) is 1. The predicted molar refractivity (Wildman–Crippen MR) is 66.2 cm³/mol. The molecular formula is C12H22N2O4. The average molecular weight is 258 g/mol. The summed E-state index contributed by atoms with van der Waals surface area (Å²) in [5.41, 5.74) is -0.532. The van der Waals surface area contributed by atoms with Crippen LogP contribution in [0.4, 0.5) is 0 Å². The fraction of sp³-hybridized carbons (Fsp3) is 0.833. The van der Waals surface area contributed by atoms with Crippen LogP contribution in [0.5, 0.6) is 0 Å². The molecule has 6 nitrogen and oxygen atoms in total. The van der Waals surface area contributed by atoms with E-state index in [0.717, 1.165) is 0 Å². The summed E-state index contributed by atoms with van der Waals surface area (Å²) in [5, 5.41) is 14.8. The first-order chi connectivity index (χ1) is 8.27. The summed E-state index contributed by atoms with van der Waals surface area (Å²) in [6.07, 6.45) is 0. The molecule has 0 aromatic rings. The molecule has 3 N–H and O–H groups in total. The molecule has 1 aliphatic rings. The largest absolute Gasteiger partial charge is 0.480 e. The van der Waals surface area contributed by atoms with E-state index in [1.165, 1.54) is 0 Å². The second-order valence-electron chi connectivity index (χ2n) is 5.68. The lowest BCUT2D eigenvalue weighted by atomic mass is 9.86. The second kappa shape index (κ2) is 5.67. The molecule has 0 bridgehead atoms. The molecule has 3 atom stereocenters. The molecule has 0 saturated carbocycles. The molecule has 0 aromatic heterocycles. The lowest BCUT2D eigenvalue weighted by Crippen LogP contribution is -2.53. The third kappa shape index (κ3) is 3.43. The van der Waals surface area contributed by atoms with Crippen LogP contribution in [0.15, 0.2) is 0 Å². The molecule has 0 aliphatic carbocycles. The van der Waals surface area contributed by atoms with Crippen molar-refractivity contribution in [2.24, 2.45) is 11.3 Å². The van der Waals surface area contributed by atoms with Gasteiger partial charge in [0.15, 0.2) is 0 Å². The van der Waals surface area contributed by atoms with Crippen molar-refractivity contribution in [2.75, 3.05) is 20.3 Å². The van der Waals surface area contributed by atoms with Gasteiger partial charge in [-0.2, -0.15) is 0 Å². The van der Waals surface area contributed by atoms with Crippen LogP contribution in [-0.4, -0.2) is 49.3 Å². The molecular weight excluding hydrogens is 236 g/mol. The Morgan fingerprint density at radius 3 is 2.39 bits per heavy atom. The predicted octanol–water partition coefficient (Wildman–Crippen LogP) is -0.164. The van der Waals surface area contributed by atoms with E-state index in [2.05, 4.69) is 10.6 Å². The number of likely N-dealkylation sites (N-methyl/N-ethyl adjacent to an activating group) is 1. The van der Waals surface area contributed by atoms with Gasteiger partial charge in [-0.05, 0) is 12.5 Å². The van der Waals surface area contributed by atoms with Crippen molar-refractivity contribution < 1.29 is 19.4 Å². The molecule has 1 amide bonds. The molecule has 6 heteroatoms. The summed E-state index contributed by atoms with van der Waals surface area (Å²) in [7, 11) is 1.76. The van der Waals surface area contributed by atoms with Gasteiger partial charge < -0.3 is 20.5 Å². The van der Waals surface area contributed by atoms with Crippen LogP contribution >= 0.6 is 0 Å². The smallest absolute Gasteiger partial charge is 0.326 e. The van der Waals surface area contributed by atoms with Crippen LogP contribution in [-0.2, 0) is 14.3 Å². The SMILES string of the molecule is CNC1COCC1C(=O)N[C@H](C(=O)O)C(C)(C)C. The Morgan fingerprint density at radius 1 is 1.33 bits per heavy atom. The molecule has 1 heterocycles. The average Bonchev–Trinajstić information content (AvgIpc) is 2.71. The maximum atomic E-state index is 12.1. The fourth-order valence-electron chi connectivity index (χ4n) is 2.00. The zero-order valence-corrected chi connectivity index (χ0v) is 11.3. The number of aliphatic carboxylic acids is 1. The summed E-state index contributed by atoms with van der Waals surface area (Å²) in [5.74, 6) is -1.62. The number of carboxylic acid groups (broad SMARTS) is 1. The minimum atomic E-state index is -1.02. The van der Waals surface area contributed by atoms with E-state index < -0.39 is 17.4 Å². The summed E-state index contributed by atoms with van der Waals surface area (Å²) >= 11 is 0. The van der Waals surface area contributed by atoms with Crippen molar-refractivity contribution in [3.63, 3.8) is 0 Å². The van der Waals surface area contributed by atoms with Crippen molar-refractivity contribution in [3.8, 4) is 0 Å². The van der Waals surface area contributed by atoms with Crippen molar-refractivity contribution >= 4 is 11.9 Å². The van der Waals surface area contributed by atoms with Crippen LogP contribution in [0.1, 0.15) is 20.8 Å². The summed E-state index contributed by atoms with van der Waals surface area (Å²) in [4.78, 5) is 23.3. The van der Waals surface area contributed by atoms with E-state index in [4.69, 9.17) is 9.84 Å². The van der Waals surface area contributed by atoms with Crippen LogP contribution in [0.25, 0.3) is 0 Å². The van der Waals surface area contributed by atoms with Crippen LogP contribution < -0.4 is 10.6 Å². The molecule has 0 aromatic carbocycles. The van der Waals surface area contributed by atoms with Gasteiger partial charge >= 0.3 is 5.97 Å². The maximum Gasteiger partial charge on any atom is 0.326 e. The molecule has 1 aliphatic heterocycles. The van der Waals surface area contributed by atoms with Gasteiger partial charge in [0.1, 0.15) is 6.04 Å². The third-order valence-corrected chi connectivity index (χ3v) is 3.19. The Kier molecular flexibility index (Phi) is 4.70. The van der Waals surface area contributed by atoms with E-state index in [9.17, 15) is 9.59 Å². The Bertz CT molecular complexity index is 325. The minimum Gasteiger partial charge on any atom is -0.480 e. The van der Waals surface area contributed by atoms with Gasteiger partial charge in [-0.25, -0.2) is 4.79 Å². The first-order valence-electron chi connectivity index (χ1n) is 6.05. The zero-order valence-electron chi connectivity index (χ0n) is 11.3. The highest BCUT2D eigenvalue weighted by atomic mass is 16.5. The Hall–Kier alpha value is -1.14. The number of hydrogen-bond donors (Lipinski definition) is 3. The van der Waals surface area contributed by atoms with Crippen molar-refractivity contribution in [2.45, 2.75) is 32.9 Å². The molecule has 18 heavy (non-hydrogen) atoms. The van der Waals surface area contributed by atoms with Gasteiger partial charge in [-0.1, -0.05) is 20.8 Å². The van der Waals surface area contributed by atoms with Gasteiger partial charge in [-0.15, -0.1) is 0 Å². The van der Waals surface area contributed by atoms with Crippen LogP contribution in [0.2, 0.25) is 0 Å². The molecule has 0 spiro atoms. The number of hydrogen-bond acceptors (Lipinski definition) is 4. The van der Waals surface area contributed by atoms with Crippen molar-refractivity contribution in [1.82, 2.24) is 10.6 Å². The molecule has 1 rings (SSSR count). The maximum absolute atomic E-state index is 12.1. The highest BCUT2D eigenvalue weighted by Gasteiger charge is 2.38. The Balaban J connectivity index is 2.70. The van der Waals surface area contributed by atoms with Gasteiger partial charge in [0.05, 0.1) is 19.1 Å². The van der Waals surface area contributed by atoms with Gasteiger partial charge in [-0.3, -0.25) is 4.79 Å². The van der Waals surface area contributed by atoms with E-state index in [1.807, 2.05) is 0 Å². The van der Waals surface area contributed by atoms with Gasteiger partial charge in [0, 0.05) is 6.04 Å². The molecule has 104 valence electrons. The fourth-order valence-corrected chi connectivity index (χ4v) is 2.00. The number of carbonyl (C=O) groups excluding carboxylic acids is 1. The van der Waals surface area contributed by atoms with Crippen molar-refractivity contribution in [3.05, 3.63) is 0 Å². The van der Waals surface area contributed by atoms with Crippen LogP contribution in [0.3, 0.4) is 0 Å². The van der Waals surface area contributed by atoms with Crippen LogP contribution in [0, 0.1) is 11.3 Å². The first-order valence-corrected chi connectivity index (χ1v) is 6.05. The third-order valence-electron chi connectivity index (χ3n) is 3.19. The van der Waals surface area contributed by atoms with Crippen molar-refractivity contribution in [1.29, 1.82) is 0 Å². The zero-order chi connectivity index (χ0) is 13.9. The quantitative estimate of drug-likeness (QED) is 0.652. The summed E-state index contributed by atoms with van der Waals surface area (Å²) in [6, 6.07) is -0.956. The van der Waals surface area contributed by atoms with E-state index in [0.29, 0.717) is 13.2 Å². The van der Waals surface area contributed by atoms with E-state index in [-0.39, 0.29) is 17.9 Å². The van der Waals surface area contributed by atoms with E-state index >= 15 is 0 Å². The highest BCUT2D eigenvalue weighted by molar-refractivity contribution is 5.86. The molecule has 2 unspecified atom stereocenters. The topological polar surface area (TPSA) is 87.7 Å². The monoisotopic (exact) mass is 258 g/mol. The van der Waals surface area contributed by atoms with Gasteiger partial charge in [0.25, 0.3) is 0 Å². The lowest BCUT2D eigenvalue weighted by molar-refractivity contribution is -0.145. The Morgan fingerprint density at radius 2 is 1.94 bits per heavy atom. The first kappa shape index (κ1) is 14.9. The molecule has 1 saturated heterocycles. The standard InChI is InChI=1S/C12H22N2O4/c1-12(2,3)9(11(16)17)14-10(15)7-5-18-6-8(7)13-4/h7-9,13H,5-6H2,1-4H3,(H,14,15)(H,16,17)/t7?,8?,9-/m1/s1. The lowest BCUT2D eigenvalue weighted by Gasteiger charge is -2.29. The number of carbonyl (C=O) groups is 2. The molecule has 1 fully saturated rings. The second-order valence-corrected chi connectivity index (χ2v) is 5.68. The number of carboxylic acids is 1. The normalized spacial score (nSPS) is 25.8. The highest BCUT2D eigenvalue weighted by Crippen LogP contribution is 2.21.